The van der Waals surface area contributed by atoms with Gasteiger partial charge in [0.2, 0.25) is 0 Å². The van der Waals surface area contributed by atoms with Crippen LogP contribution in [0.5, 0.6) is 46.0 Å². The van der Waals surface area contributed by atoms with Crippen LogP contribution in [0.15, 0.2) is 146 Å². The maximum Gasteiger partial charge on any atom is 0.529 e. The Bertz CT molecular complexity index is 3220. The van der Waals surface area contributed by atoms with Crippen molar-refractivity contribution in [1.29, 1.82) is 0 Å². The summed E-state index contributed by atoms with van der Waals surface area (Å²) < 4.78 is 75.5. The fourth-order valence-corrected chi connectivity index (χ4v) is 9.91. The normalized spacial score (nSPS) is 12.6. The summed E-state index contributed by atoms with van der Waals surface area (Å²) in [6.45, 7) is 4.50. The van der Waals surface area contributed by atoms with Gasteiger partial charge in [0.15, 0.2) is 23.0 Å². The van der Waals surface area contributed by atoms with Crippen molar-refractivity contribution in [3.63, 3.8) is 0 Å². The van der Waals surface area contributed by atoms with Crippen molar-refractivity contribution in [3.05, 3.63) is 178 Å². The zero-order valence-electron chi connectivity index (χ0n) is 40.2. The first-order valence-electron chi connectivity index (χ1n) is 22.2. The number of benzene rings is 8. The molecule has 360 valence electrons. The van der Waals surface area contributed by atoms with Crippen molar-refractivity contribution in [1.82, 2.24) is 0 Å². The number of hydrogen-bond donors (Lipinski definition) is 0. The first-order chi connectivity index (χ1) is 34.2. The number of rotatable bonds is 21. The Morgan fingerprint density at radius 2 is 0.814 bits per heavy atom. The molecule has 0 N–H and O–H groups in total. The Morgan fingerprint density at radius 1 is 0.400 bits per heavy atom. The summed E-state index contributed by atoms with van der Waals surface area (Å²) in [6.07, 6.45) is 3.24. The van der Waals surface area contributed by atoms with E-state index in [2.05, 4.69) is 0 Å². The van der Waals surface area contributed by atoms with Crippen LogP contribution in [0.25, 0.3) is 45.2 Å². The van der Waals surface area contributed by atoms with Crippen LogP contribution >= 0.6 is 17.2 Å². The van der Waals surface area contributed by atoms with E-state index in [0.717, 1.165) is 54.2 Å². The molecular formula is C56H54O12P2. The van der Waals surface area contributed by atoms with Crippen molar-refractivity contribution in [3.8, 4) is 57.1 Å². The lowest BCUT2D eigenvalue weighted by Crippen LogP contribution is -2.24. The summed E-state index contributed by atoms with van der Waals surface area (Å²) in [6, 6.07) is 46.4. The van der Waals surface area contributed by atoms with Gasteiger partial charge in [0.25, 0.3) is 0 Å². The van der Waals surface area contributed by atoms with Gasteiger partial charge in [-0.05, 0) is 84.6 Å². The Morgan fingerprint density at radius 3 is 1.30 bits per heavy atom. The standard InChI is InChI=1S/C56H54O12P2/c1-37-29-47(55(53(31-37)61-7)67-69(63-35-41-19-11-9-17-39(41)33-57-3)65-51-27-25-49(59-5)43-21-13-15-23-45(43)51)48-30-38(2)32-54(62-8)56(48)68-70(64-36-42-20-12-10-18-40(42)34-58-4)66-52-28-26-50(60-6)44-22-14-16-24-46(44)52/h9-33,35H,34,36H2,1-8H3/b39-33+,41-35+. The van der Waals surface area contributed by atoms with Gasteiger partial charge in [0.1, 0.15) is 29.3 Å². The van der Waals surface area contributed by atoms with Crippen LogP contribution in [-0.2, 0) is 31.7 Å². The lowest BCUT2D eigenvalue weighted by Gasteiger charge is -2.24. The van der Waals surface area contributed by atoms with E-state index in [1.165, 1.54) is 0 Å². The topological polar surface area (TPSA) is 111 Å². The maximum absolute atomic E-state index is 7.03. The number of hydrogen-bond acceptors (Lipinski definition) is 12. The monoisotopic (exact) mass is 980 g/mol. The van der Waals surface area contributed by atoms with Gasteiger partial charge in [0.05, 0.1) is 55.0 Å². The fraction of sp³-hybridized carbons (Fsp3) is 0.179. The zero-order chi connectivity index (χ0) is 49.0. The number of methoxy groups -OCH3 is 6. The Labute approximate surface area is 410 Å². The largest absolute Gasteiger partial charge is 0.529 e. The highest BCUT2D eigenvalue weighted by Crippen LogP contribution is 2.56. The molecule has 0 amide bonds. The molecule has 14 heteroatoms. The third kappa shape index (κ3) is 11.3. The third-order valence-corrected chi connectivity index (χ3v) is 13.2. The van der Waals surface area contributed by atoms with Crippen LogP contribution in [-0.4, -0.2) is 42.7 Å². The highest BCUT2D eigenvalue weighted by Gasteiger charge is 2.30. The van der Waals surface area contributed by atoms with Gasteiger partial charge in [-0.15, -0.1) is 0 Å². The van der Waals surface area contributed by atoms with Gasteiger partial charge in [-0.25, -0.2) is 0 Å². The smallest absolute Gasteiger partial charge is 0.504 e. The Hall–Kier alpha value is -7.20. The minimum absolute atomic E-state index is 0.149. The molecule has 12 nitrogen and oxygen atoms in total. The Kier molecular flexibility index (Phi) is 16.5. The Balaban J connectivity index is 1.26. The molecule has 0 aromatic heterocycles. The van der Waals surface area contributed by atoms with E-state index < -0.39 is 17.2 Å². The van der Waals surface area contributed by atoms with E-state index in [1.807, 2.05) is 159 Å². The van der Waals surface area contributed by atoms with Crippen LogP contribution in [0, 0.1) is 13.8 Å². The van der Waals surface area contributed by atoms with Gasteiger partial charge in [-0.2, -0.15) is 0 Å². The minimum atomic E-state index is -2.29. The highest BCUT2D eigenvalue weighted by atomic mass is 31.2. The second-order valence-electron chi connectivity index (χ2n) is 15.8. The maximum atomic E-state index is 7.03. The van der Waals surface area contributed by atoms with E-state index in [1.54, 1.807) is 55.2 Å². The minimum Gasteiger partial charge on any atom is -0.504 e. The van der Waals surface area contributed by atoms with Crippen molar-refractivity contribution in [2.75, 3.05) is 42.7 Å². The predicted octanol–water partition coefficient (Wildman–Crippen LogP) is 12.9. The van der Waals surface area contributed by atoms with E-state index >= 15 is 0 Å². The zero-order valence-corrected chi connectivity index (χ0v) is 42.0. The average Bonchev–Trinajstić information content (AvgIpc) is 3.38. The van der Waals surface area contributed by atoms with Crippen molar-refractivity contribution < 1.29 is 55.6 Å². The molecule has 0 bridgehead atoms. The van der Waals surface area contributed by atoms with Gasteiger partial charge in [-0.1, -0.05) is 97.1 Å². The summed E-state index contributed by atoms with van der Waals surface area (Å²) in [5.41, 5.74) is 4.83. The molecule has 0 spiro atoms. The molecule has 2 atom stereocenters. The van der Waals surface area contributed by atoms with Gasteiger partial charge < -0.3 is 51.0 Å². The van der Waals surface area contributed by atoms with E-state index in [-0.39, 0.29) is 6.61 Å². The molecule has 0 radical (unpaired) electrons. The third-order valence-electron chi connectivity index (χ3n) is 11.2. The molecule has 8 rings (SSSR count). The van der Waals surface area contributed by atoms with E-state index in [4.69, 9.17) is 55.6 Å². The van der Waals surface area contributed by atoms with Gasteiger partial charge >= 0.3 is 17.2 Å². The molecular weight excluding hydrogens is 927 g/mol. The summed E-state index contributed by atoms with van der Waals surface area (Å²) in [5.74, 6) is 3.95. The van der Waals surface area contributed by atoms with Crippen LogP contribution < -0.4 is 47.5 Å². The van der Waals surface area contributed by atoms with Crippen LogP contribution in [0.2, 0.25) is 0 Å². The van der Waals surface area contributed by atoms with Crippen molar-refractivity contribution in [2.45, 2.75) is 27.1 Å². The highest BCUT2D eigenvalue weighted by molar-refractivity contribution is 7.43. The molecule has 0 aliphatic carbocycles. The van der Waals surface area contributed by atoms with E-state index in [9.17, 15) is 0 Å². The van der Waals surface area contributed by atoms with Gasteiger partial charge in [0, 0.05) is 50.2 Å². The van der Waals surface area contributed by atoms with Gasteiger partial charge in [-0.3, -0.25) is 4.52 Å². The molecule has 2 unspecified atom stereocenters. The summed E-state index contributed by atoms with van der Waals surface area (Å²) in [5, 5.41) is 4.87. The first-order valence-corrected chi connectivity index (χ1v) is 24.4. The van der Waals surface area contributed by atoms with Crippen molar-refractivity contribution in [2.24, 2.45) is 0 Å². The fourth-order valence-electron chi connectivity index (χ4n) is 7.89. The lowest BCUT2D eigenvalue weighted by molar-refractivity contribution is 0.181. The summed E-state index contributed by atoms with van der Waals surface area (Å²) in [7, 11) is 5.20. The molecule has 0 saturated heterocycles. The van der Waals surface area contributed by atoms with Crippen LogP contribution in [0.4, 0.5) is 0 Å². The SMILES string of the molecule is CO/C=c1\cccc\c1=C/OP(Oc1c(OC)cc(C)cc1-c1cc(C)cc(OC)c1OP(OCc1ccccc1COC)Oc1ccc(OC)c2ccccc12)Oc1ccc(OC)c2ccccc12. The molecule has 8 aromatic carbocycles. The molecule has 70 heavy (non-hydrogen) atoms. The first kappa shape index (κ1) is 49.2. The summed E-state index contributed by atoms with van der Waals surface area (Å²) in [4.78, 5) is 0. The molecule has 8 aromatic rings. The summed E-state index contributed by atoms with van der Waals surface area (Å²) >= 11 is 0. The molecule has 0 heterocycles. The van der Waals surface area contributed by atoms with Crippen LogP contribution in [0.1, 0.15) is 22.3 Å². The predicted molar refractivity (Wildman–Crippen MR) is 276 cm³/mol. The number of ether oxygens (including phenoxy) is 6. The van der Waals surface area contributed by atoms with Crippen molar-refractivity contribution >= 4 is 51.3 Å². The molecule has 0 aliphatic heterocycles. The second-order valence-corrected chi connectivity index (χ2v) is 17.9. The number of fused-ring (bicyclic) bond motifs is 2. The molecule has 0 aliphatic rings. The van der Waals surface area contributed by atoms with E-state index in [0.29, 0.717) is 63.7 Å². The quantitative estimate of drug-likeness (QED) is 0.0639. The van der Waals surface area contributed by atoms with Crippen LogP contribution in [0.3, 0.4) is 0 Å². The lowest BCUT2D eigenvalue weighted by atomic mass is 9.98. The number of aryl methyl sites for hydroxylation is 2. The average molecular weight is 981 g/mol. The molecule has 0 fully saturated rings. The molecule has 0 saturated carbocycles. The second kappa shape index (κ2) is 23.4.